The minimum Gasteiger partial charge on any atom is -0.402 e. The van der Waals surface area contributed by atoms with E-state index in [4.69, 9.17) is 5.73 Å². The van der Waals surface area contributed by atoms with Gasteiger partial charge in [0.05, 0.1) is 11.4 Å². The molecule has 0 saturated heterocycles. The van der Waals surface area contributed by atoms with E-state index in [1.807, 2.05) is 39.8 Å². The van der Waals surface area contributed by atoms with Crippen molar-refractivity contribution in [2.45, 2.75) is 41.5 Å². The summed E-state index contributed by atoms with van der Waals surface area (Å²) < 4.78 is 21.2. The molecule has 7 nitrogen and oxygen atoms in total. The van der Waals surface area contributed by atoms with Gasteiger partial charge in [0.1, 0.15) is 0 Å². The second kappa shape index (κ2) is 6.16. The largest absolute Gasteiger partial charge is 0.418 e. The van der Waals surface area contributed by atoms with Gasteiger partial charge in [-0.3, -0.25) is 0 Å². The van der Waals surface area contributed by atoms with E-state index in [-0.39, 0.29) is 0 Å². The van der Waals surface area contributed by atoms with Crippen LogP contribution in [0.3, 0.4) is 0 Å². The number of hydrogen-bond acceptors (Lipinski definition) is 4. The van der Waals surface area contributed by atoms with Gasteiger partial charge in [0.15, 0.2) is 0 Å². The Morgan fingerprint density at radius 1 is 1.09 bits per heavy atom. The van der Waals surface area contributed by atoms with E-state index in [1.165, 1.54) is 8.90 Å². The first kappa shape index (κ1) is 17.2. The molecule has 0 aromatic carbocycles. The van der Waals surface area contributed by atoms with Gasteiger partial charge in [0, 0.05) is 22.8 Å². The zero-order valence-corrected chi connectivity index (χ0v) is 15.3. The van der Waals surface area contributed by atoms with Crippen molar-refractivity contribution in [3.8, 4) is 0 Å². The van der Waals surface area contributed by atoms with Crippen LogP contribution in [0.5, 0.6) is 0 Å². The summed E-state index contributed by atoms with van der Waals surface area (Å²) in [5.41, 5.74) is 9.96. The molecular formula is C15H23N6OP. The standard InChI is InChI=1S/C15H23N6OP/c1-10(16)7-13(4)19-23(22,20-14(5)8-11(2)17-20)21-15(6)9-12(3)18-21/h7-9H,16H2,1-6H3. The molecule has 0 fully saturated rings. The van der Waals surface area contributed by atoms with Crippen molar-refractivity contribution in [2.24, 2.45) is 10.5 Å². The molecule has 0 aliphatic rings. The number of nitrogens with zero attached hydrogens (tertiary/aromatic N) is 5. The minimum absolute atomic E-state index is 0.563. The Bertz CT molecular complexity index is 788. The highest BCUT2D eigenvalue weighted by Gasteiger charge is 2.32. The second-order valence-electron chi connectivity index (χ2n) is 5.78. The molecule has 124 valence electrons. The fourth-order valence-corrected chi connectivity index (χ4v) is 4.74. The smallest absolute Gasteiger partial charge is 0.402 e. The molecule has 0 unspecified atom stereocenters. The fraction of sp³-hybridized carbons (Fsp3) is 0.400. The third-order valence-corrected chi connectivity index (χ3v) is 5.56. The Morgan fingerprint density at radius 2 is 1.52 bits per heavy atom. The highest BCUT2D eigenvalue weighted by Crippen LogP contribution is 2.51. The minimum atomic E-state index is -3.47. The summed E-state index contributed by atoms with van der Waals surface area (Å²) in [6.45, 7) is 10.9. The summed E-state index contributed by atoms with van der Waals surface area (Å²) in [6, 6.07) is 3.74. The van der Waals surface area contributed by atoms with Crippen molar-refractivity contribution < 1.29 is 4.57 Å². The van der Waals surface area contributed by atoms with Crippen LogP contribution in [0.15, 0.2) is 28.7 Å². The monoisotopic (exact) mass is 334 g/mol. The van der Waals surface area contributed by atoms with Crippen LogP contribution in [0.4, 0.5) is 0 Å². The molecule has 2 N–H and O–H groups in total. The number of nitrogens with two attached hydrogens (primary N) is 1. The van der Waals surface area contributed by atoms with Crippen molar-refractivity contribution in [2.75, 3.05) is 0 Å². The van der Waals surface area contributed by atoms with Gasteiger partial charge in [-0.15, -0.1) is 0 Å². The number of hydrogen-bond donors (Lipinski definition) is 1. The highest BCUT2D eigenvalue weighted by atomic mass is 31.2. The highest BCUT2D eigenvalue weighted by molar-refractivity contribution is 7.59. The first-order valence-corrected chi connectivity index (χ1v) is 8.89. The van der Waals surface area contributed by atoms with Crippen LogP contribution in [-0.2, 0) is 4.57 Å². The Labute approximate surface area is 136 Å². The predicted octanol–water partition coefficient (Wildman–Crippen LogP) is 3.14. The average Bonchev–Trinajstić information content (AvgIpc) is 2.90. The zero-order valence-electron chi connectivity index (χ0n) is 14.4. The Hall–Kier alpha value is -2.14. The summed E-state index contributed by atoms with van der Waals surface area (Å²) in [5, 5.41) is 8.75. The molecule has 2 rings (SSSR count). The third kappa shape index (κ3) is 3.45. The SMILES string of the molecule is CC(N)=CC(C)=NP(=O)(n1nc(C)cc1C)n1nc(C)cc1C. The Balaban J connectivity index is 2.75. The van der Waals surface area contributed by atoms with Crippen LogP contribution in [0, 0.1) is 27.7 Å². The normalized spacial score (nSPS) is 13.7. The van der Waals surface area contributed by atoms with Crippen molar-refractivity contribution >= 4 is 13.3 Å². The maximum atomic E-state index is 13.8. The summed E-state index contributed by atoms with van der Waals surface area (Å²) in [6.07, 6.45) is 1.68. The average molecular weight is 334 g/mol. The van der Waals surface area contributed by atoms with E-state index in [0.29, 0.717) is 11.4 Å². The fourth-order valence-electron chi connectivity index (χ4n) is 2.49. The van der Waals surface area contributed by atoms with Crippen LogP contribution < -0.4 is 5.73 Å². The van der Waals surface area contributed by atoms with Gasteiger partial charge in [0.2, 0.25) is 0 Å². The Kier molecular flexibility index (Phi) is 4.61. The van der Waals surface area contributed by atoms with Gasteiger partial charge < -0.3 is 5.73 Å². The van der Waals surface area contributed by atoms with E-state index in [1.54, 1.807) is 19.9 Å². The maximum Gasteiger partial charge on any atom is 0.418 e. The summed E-state index contributed by atoms with van der Waals surface area (Å²) in [7, 11) is -3.47. The molecule has 0 bridgehead atoms. The van der Waals surface area contributed by atoms with Crippen LogP contribution in [-0.4, -0.2) is 24.8 Å². The topological polar surface area (TPSA) is 91.1 Å². The molecule has 0 saturated carbocycles. The van der Waals surface area contributed by atoms with Gasteiger partial charge in [-0.1, -0.05) is 0 Å². The molecular weight excluding hydrogens is 311 g/mol. The molecule has 23 heavy (non-hydrogen) atoms. The van der Waals surface area contributed by atoms with Crippen LogP contribution in [0.25, 0.3) is 0 Å². The number of rotatable bonds is 4. The quantitative estimate of drug-likeness (QED) is 0.687. The number of allylic oxidation sites excluding steroid dienone is 2. The maximum absolute atomic E-state index is 13.8. The molecule has 0 aliphatic heterocycles. The summed E-state index contributed by atoms with van der Waals surface area (Å²) in [4.78, 5) is 0. The molecule has 0 aliphatic carbocycles. The summed E-state index contributed by atoms with van der Waals surface area (Å²) in [5.74, 6) is 0. The lowest BCUT2D eigenvalue weighted by atomic mass is 10.3. The van der Waals surface area contributed by atoms with Crippen molar-refractivity contribution in [3.63, 3.8) is 0 Å². The predicted molar refractivity (Wildman–Crippen MR) is 92.9 cm³/mol. The van der Waals surface area contributed by atoms with E-state index in [2.05, 4.69) is 15.0 Å². The zero-order chi connectivity index (χ0) is 17.4. The second-order valence-corrected chi connectivity index (χ2v) is 7.76. The molecule has 0 amide bonds. The molecule has 0 atom stereocenters. The van der Waals surface area contributed by atoms with Crippen molar-refractivity contribution in [1.82, 2.24) is 19.1 Å². The number of aromatic nitrogens is 4. The molecule has 2 aromatic rings. The van der Waals surface area contributed by atoms with E-state index < -0.39 is 7.59 Å². The van der Waals surface area contributed by atoms with Gasteiger partial charge in [-0.25, -0.2) is 4.57 Å². The van der Waals surface area contributed by atoms with Gasteiger partial charge in [-0.2, -0.15) is 23.9 Å². The lowest BCUT2D eigenvalue weighted by molar-refractivity contribution is 0.547. The molecule has 2 aromatic heterocycles. The molecule has 0 radical (unpaired) electrons. The van der Waals surface area contributed by atoms with Crippen molar-refractivity contribution in [3.05, 3.63) is 46.7 Å². The first-order chi connectivity index (χ1) is 10.6. The molecule has 0 spiro atoms. The lowest BCUT2D eigenvalue weighted by Gasteiger charge is -2.17. The first-order valence-electron chi connectivity index (χ1n) is 7.32. The van der Waals surface area contributed by atoms with Gasteiger partial charge in [-0.05, 0) is 59.8 Å². The third-order valence-electron chi connectivity index (χ3n) is 3.19. The molecule has 2 heterocycles. The molecule has 8 heteroatoms. The van der Waals surface area contributed by atoms with Gasteiger partial charge in [0.25, 0.3) is 0 Å². The van der Waals surface area contributed by atoms with E-state index in [9.17, 15) is 4.57 Å². The number of aryl methyl sites for hydroxylation is 4. The Morgan fingerprint density at radius 3 is 1.83 bits per heavy atom. The van der Waals surface area contributed by atoms with E-state index in [0.717, 1.165) is 22.8 Å². The van der Waals surface area contributed by atoms with E-state index >= 15 is 0 Å². The summed E-state index contributed by atoms with van der Waals surface area (Å²) >= 11 is 0. The van der Waals surface area contributed by atoms with Crippen LogP contribution in [0.2, 0.25) is 0 Å². The van der Waals surface area contributed by atoms with Gasteiger partial charge >= 0.3 is 7.59 Å². The lowest BCUT2D eigenvalue weighted by Crippen LogP contribution is -2.12. The van der Waals surface area contributed by atoms with Crippen LogP contribution >= 0.6 is 7.59 Å². The van der Waals surface area contributed by atoms with Crippen molar-refractivity contribution in [1.29, 1.82) is 0 Å². The van der Waals surface area contributed by atoms with Crippen LogP contribution in [0.1, 0.15) is 36.6 Å².